The van der Waals surface area contributed by atoms with Gasteiger partial charge in [-0.05, 0) is 61.2 Å². The van der Waals surface area contributed by atoms with Crippen LogP contribution in [0.2, 0.25) is 0 Å². The summed E-state index contributed by atoms with van der Waals surface area (Å²) in [6.45, 7) is 2.25. The van der Waals surface area contributed by atoms with Gasteiger partial charge in [0.25, 0.3) is 5.91 Å². The lowest BCUT2D eigenvalue weighted by molar-refractivity contribution is 0.0785. The van der Waals surface area contributed by atoms with Crippen LogP contribution >= 0.6 is 0 Å². The van der Waals surface area contributed by atoms with E-state index in [1.165, 1.54) is 18.3 Å². The quantitative estimate of drug-likeness (QED) is 0.568. The maximum atomic E-state index is 13.9. The molecule has 34 heavy (non-hydrogen) atoms. The van der Waals surface area contributed by atoms with Crippen molar-refractivity contribution < 1.29 is 18.7 Å². The fourth-order valence-electron chi connectivity index (χ4n) is 4.06. The molecule has 0 unspecified atom stereocenters. The Morgan fingerprint density at radius 1 is 1.24 bits per heavy atom. The van der Waals surface area contributed by atoms with Crippen molar-refractivity contribution in [3.8, 4) is 5.75 Å². The fraction of sp³-hybridized carbons (Fsp3) is 0.269. The molecule has 0 spiro atoms. The molecule has 5 rings (SSSR count). The van der Waals surface area contributed by atoms with Gasteiger partial charge in [-0.2, -0.15) is 0 Å². The molecule has 7 nitrogen and oxygen atoms in total. The van der Waals surface area contributed by atoms with Crippen LogP contribution in [0, 0.1) is 12.7 Å². The first-order valence-electron chi connectivity index (χ1n) is 11.2. The Hall–Kier alpha value is -3.94. The highest BCUT2D eigenvalue weighted by atomic mass is 19.1. The minimum absolute atomic E-state index is 0.0175. The smallest absolute Gasteiger partial charge is 0.326 e. The van der Waals surface area contributed by atoms with Crippen LogP contribution in [0.25, 0.3) is 0 Å². The number of nitrogens with one attached hydrogen (secondary N) is 1. The zero-order valence-corrected chi connectivity index (χ0v) is 19.0. The molecule has 1 fully saturated rings. The first-order chi connectivity index (χ1) is 16.4. The third-order valence-corrected chi connectivity index (χ3v) is 6.27. The number of urea groups is 1. The monoisotopic (exact) mass is 460 g/mol. The first kappa shape index (κ1) is 21.9. The van der Waals surface area contributed by atoms with Crippen molar-refractivity contribution >= 4 is 23.3 Å². The van der Waals surface area contributed by atoms with Gasteiger partial charge in [-0.1, -0.05) is 12.1 Å². The van der Waals surface area contributed by atoms with Crippen LogP contribution < -0.4 is 15.0 Å². The summed E-state index contributed by atoms with van der Waals surface area (Å²) >= 11 is 0. The summed E-state index contributed by atoms with van der Waals surface area (Å²) < 4.78 is 19.6. The highest BCUT2D eigenvalue weighted by molar-refractivity contribution is 6.06. The van der Waals surface area contributed by atoms with Crippen LogP contribution in [0.1, 0.15) is 40.0 Å². The molecule has 1 aromatic heterocycles. The largest absolute Gasteiger partial charge is 0.487 e. The number of aryl methyl sites for hydroxylation is 1. The standard InChI is InChI=1S/C26H25FN4O3/c1-16-5-10-20(34-15-23-21(27)4-3-11-28-23)13-24(16)31-14-18-7-6-17(12-22(18)29-26(31)33)25(32)30(2)19-8-9-19/h3-7,10-13,19H,8-9,14-15H2,1-2H3,(H,29,33). The fourth-order valence-corrected chi connectivity index (χ4v) is 4.06. The molecule has 3 amide bonds. The van der Waals surface area contributed by atoms with E-state index in [-0.39, 0.29) is 24.2 Å². The van der Waals surface area contributed by atoms with E-state index >= 15 is 0 Å². The Morgan fingerprint density at radius 3 is 2.82 bits per heavy atom. The van der Waals surface area contributed by atoms with Gasteiger partial charge in [0.15, 0.2) is 0 Å². The summed E-state index contributed by atoms with van der Waals surface area (Å²) in [6, 6.07) is 13.7. The SMILES string of the molecule is Cc1ccc(OCc2ncccc2F)cc1N1Cc2ccc(C(=O)N(C)C3CC3)cc2NC1=O. The Labute approximate surface area is 197 Å². The van der Waals surface area contributed by atoms with Gasteiger partial charge in [-0.3, -0.25) is 14.7 Å². The van der Waals surface area contributed by atoms with Crippen molar-refractivity contribution in [1.29, 1.82) is 0 Å². The van der Waals surface area contributed by atoms with E-state index in [9.17, 15) is 14.0 Å². The summed E-state index contributed by atoms with van der Waals surface area (Å²) in [6.07, 6.45) is 3.59. The molecule has 0 saturated heterocycles. The van der Waals surface area contributed by atoms with Crippen LogP contribution in [-0.4, -0.2) is 34.9 Å². The number of anilines is 2. The number of carbonyl (C=O) groups excluding carboxylic acids is 2. The average molecular weight is 461 g/mol. The van der Waals surface area contributed by atoms with Gasteiger partial charge in [0.05, 0.1) is 12.2 Å². The molecule has 0 bridgehead atoms. The Morgan fingerprint density at radius 2 is 2.06 bits per heavy atom. The molecule has 3 aromatic rings. The maximum Gasteiger partial charge on any atom is 0.326 e. The van der Waals surface area contributed by atoms with Crippen LogP contribution in [0.3, 0.4) is 0 Å². The van der Waals surface area contributed by atoms with Crippen LogP contribution in [0.5, 0.6) is 5.75 Å². The molecule has 2 heterocycles. The minimum atomic E-state index is -0.428. The molecule has 8 heteroatoms. The van der Waals surface area contributed by atoms with E-state index in [4.69, 9.17) is 4.74 Å². The number of fused-ring (bicyclic) bond motifs is 1. The number of pyridine rings is 1. The zero-order valence-electron chi connectivity index (χ0n) is 19.0. The van der Waals surface area contributed by atoms with Crippen molar-refractivity contribution in [2.24, 2.45) is 0 Å². The van der Waals surface area contributed by atoms with Gasteiger partial charge in [0.2, 0.25) is 0 Å². The summed E-state index contributed by atoms with van der Waals surface area (Å²) in [7, 11) is 1.82. The molecule has 2 aromatic carbocycles. The highest BCUT2D eigenvalue weighted by Gasteiger charge is 2.31. The van der Waals surface area contributed by atoms with Gasteiger partial charge in [-0.25, -0.2) is 9.18 Å². The zero-order chi connectivity index (χ0) is 23.8. The van der Waals surface area contributed by atoms with E-state index in [2.05, 4.69) is 10.3 Å². The van der Waals surface area contributed by atoms with Crippen molar-refractivity contribution in [3.63, 3.8) is 0 Å². The van der Waals surface area contributed by atoms with E-state index in [1.807, 2.05) is 32.2 Å². The summed E-state index contributed by atoms with van der Waals surface area (Å²) in [5.41, 5.74) is 3.92. The predicted molar refractivity (Wildman–Crippen MR) is 126 cm³/mol. The van der Waals surface area contributed by atoms with Crippen molar-refractivity contribution in [3.05, 3.63) is 82.9 Å². The molecule has 2 aliphatic rings. The number of amides is 3. The molecule has 174 valence electrons. The maximum absolute atomic E-state index is 13.9. The second kappa shape index (κ2) is 8.78. The molecular weight excluding hydrogens is 435 g/mol. The predicted octanol–water partition coefficient (Wildman–Crippen LogP) is 4.89. The number of hydrogen-bond donors (Lipinski definition) is 1. The second-order valence-electron chi connectivity index (χ2n) is 8.70. The normalized spacial score (nSPS) is 14.9. The Kier molecular flexibility index (Phi) is 5.65. The van der Waals surface area contributed by atoms with Crippen LogP contribution in [-0.2, 0) is 13.2 Å². The number of halogens is 1. The number of benzene rings is 2. The van der Waals surface area contributed by atoms with Gasteiger partial charge in [0.1, 0.15) is 23.9 Å². The lowest BCUT2D eigenvalue weighted by Crippen LogP contribution is -2.39. The molecule has 0 radical (unpaired) electrons. The van der Waals surface area contributed by atoms with Crippen molar-refractivity contribution in [2.75, 3.05) is 17.3 Å². The second-order valence-corrected chi connectivity index (χ2v) is 8.70. The molecule has 1 aliphatic carbocycles. The molecule has 0 atom stereocenters. The first-order valence-corrected chi connectivity index (χ1v) is 11.2. The van der Waals surface area contributed by atoms with Crippen molar-refractivity contribution in [1.82, 2.24) is 9.88 Å². The van der Waals surface area contributed by atoms with Crippen molar-refractivity contribution in [2.45, 2.75) is 39.0 Å². The summed E-state index contributed by atoms with van der Waals surface area (Å²) in [5, 5.41) is 2.92. The van der Waals surface area contributed by atoms with Gasteiger partial charge >= 0.3 is 6.03 Å². The topological polar surface area (TPSA) is 74.8 Å². The lowest BCUT2D eigenvalue weighted by Gasteiger charge is -2.31. The van der Waals surface area contributed by atoms with Gasteiger partial charge < -0.3 is 15.0 Å². The average Bonchev–Trinajstić information content (AvgIpc) is 3.68. The van der Waals surface area contributed by atoms with E-state index in [1.54, 1.807) is 28.0 Å². The minimum Gasteiger partial charge on any atom is -0.487 e. The number of carbonyl (C=O) groups is 2. The molecule has 1 saturated carbocycles. The number of rotatable bonds is 6. The number of hydrogen-bond acceptors (Lipinski definition) is 4. The lowest BCUT2D eigenvalue weighted by atomic mass is 10.0. The molecule has 1 N–H and O–H groups in total. The van der Waals surface area contributed by atoms with E-state index in [0.29, 0.717) is 35.3 Å². The highest BCUT2D eigenvalue weighted by Crippen LogP contribution is 2.33. The summed E-state index contributed by atoms with van der Waals surface area (Å²) in [4.78, 5) is 33.1. The Bertz CT molecular complexity index is 1270. The Balaban J connectivity index is 1.35. The van der Waals surface area contributed by atoms with E-state index < -0.39 is 5.82 Å². The third kappa shape index (κ3) is 4.31. The van der Waals surface area contributed by atoms with E-state index in [0.717, 1.165) is 24.0 Å². The third-order valence-electron chi connectivity index (χ3n) is 6.27. The number of ether oxygens (including phenoxy) is 1. The van der Waals surface area contributed by atoms with Crippen LogP contribution in [0.4, 0.5) is 20.6 Å². The molecular formula is C26H25FN4O3. The van der Waals surface area contributed by atoms with Gasteiger partial charge in [0, 0.05) is 36.6 Å². The van der Waals surface area contributed by atoms with Crippen LogP contribution in [0.15, 0.2) is 54.7 Å². The van der Waals surface area contributed by atoms with Gasteiger partial charge in [-0.15, -0.1) is 0 Å². The number of aromatic nitrogens is 1. The number of nitrogens with zero attached hydrogens (tertiary/aromatic N) is 3. The molecule has 1 aliphatic heterocycles. The summed E-state index contributed by atoms with van der Waals surface area (Å²) in [5.74, 6) is 0.0448.